The smallest absolute Gasteiger partial charge is 0.274 e. The van der Waals surface area contributed by atoms with Crippen LogP contribution in [0.15, 0.2) is 6.07 Å². The highest BCUT2D eigenvalue weighted by atomic mass is 35.5. The number of nitrogen functional groups attached to an aromatic ring is 1. The summed E-state index contributed by atoms with van der Waals surface area (Å²) in [5.41, 5.74) is 8.64. The lowest BCUT2D eigenvalue weighted by molar-refractivity contribution is 0.0442. The van der Waals surface area contributed by atoms with E-state index in [1.807, 2.05) is 11.7 Å². The largest absolute Gasteiger partial charge is 0.382 e. The first-order valence-electron chi connectivity index (χ1n) is 13.6. The van der Waals surface area contributed by atoms with Crippen LogP contribution in [-0.4, -0.2) is 86.3 Å². The summed E-state index contributed by atoms with van der Waals surface area (Å²) < 4.78 is 2.00. The van der Waals surface area contributed by atoms with Gasteiger partial charge in [-0.1, -0.05) is 25.4 Å². The molecule has 2 saturated heterocycles. The molecule has 3 aliphatic rings. The summed E-state index contributed by atoms with van der Waals surface area (Å²) in [6, 6.07) is 3.35. The van der Waals surface area contributed by atoms with Gasteiger partial charge >= 0.3 is 0 Å². The number of nitrogens with one attached hydrogen (secondary N) is 1. The average molecular weight is 530 g/mol. The first-order chi connectivity index (χ1) is 17.7. The van der Waals surface area contributed by atoms with E-state index in [1.54, 1.807) is 0 Å². The number of nitrogens with two attached hydrogens (primary N) is 1. The second-order valence-electron chi connectivity index (χ2n) is 11.2. The zero-order valence-corrected chi connectivity index (χ0v) is 23.2. The number of piperidine rings is 1. The van der Waals surface area contributed by atoms with Crippen molar-refractivity contribution in [1.29, 1.82) is 0 Å². The third-order valence-electron chi connectivity index (χ3n) is 8.03. The number of rotatable bonds is 7. The van der Waals surface area contributed by atoms with Gasteiger partial charge in [-0.15, -0.1) is 0 Å². The summed E-state index contributed by atoms with van der Waals surface area (Å²) in [5, 5.41) is 7.65. The molecule has 0 radical (unpaired) electrons. The Labute approximate surface area is 224 Å². The van der Waals surface area contributed by atoms with Gasteiger partial charge in [-0.3, -0.25) is 19.3 Å². The Balaban J connectivity index is 1.22. The van der Waals surface area contributed by atoms with Crippen molar-refractivity contribution >= 4 is 29.1 Å². The van der Waals surface area contributed by atoms with Crippen LogP contribution in [0.3, 0.4) is 0 Å². The Hall–Kier alpha value is -2.43. The van der Waals surface area contributed by atoms with Gasteiger partial charge in [0.15, 0.2) is 22.5 Å². The predicted octanol–water partition coefficient (Wildman–Crippen LogP) is 2.46. The molecule has 1 atom stereocenters. The van der Waals surface area contributed by atoms with Gasteiger partial charge in [-0.2, -0.15) is 5.10 Å². The van der Waals surface area contributed by atoms with Gasteiger partial charge in [0.05, 0.1) is 11.4 Å². The molecule has 1 unspecified atom stereocenters. The number of anilines is 2. The highest BCUT2D eigenvalue weighted by Crippen LogP contribution is 2.31. The molecule has 202 valence electrons. The van der Waals surface area contributed by atoms with Crippen molar-refractivity contribution in [3.05, 3.63) is 28.3 Å². The van der Waals surface area contributed by atoms with Crippen LogP contribution < -0.4 is 16.0 Å². The number of amides is 1. The SMILES string of the molecule is Cc1cc(CN2CCC(N3CCN(c4nc(N)c(C(=O)NC5CC5)nc4Cl)CC3C(C)C)CC2)n(C)n1. The molecule has 3 fully saturated rings. The quantitative estimate of drug-likeness (QED) is 0.563. The lowest BCUT2D eigenvalue weighted by Crippen LogP contribution is -2.60. The van der Waals surface area contributed by atoms with Crippen LogP contribution in [0, 0.1) is 12.8 Å². The molecule has 3 N–H and O–H groups in total. The number of likely N-dealkylation sites (tertiary alicyclic amines) is 1. The van der Waals surface area contributed by atoms with Crippen LogP contribution in [0.2, 0.25) is 5.15 Å². The van der Waals surface area contributed by atoms with Gasteiger partial charge in [-0.05, 0) is 44.6 Å². The molecule has 11 heteroatoms. The van der Waals surface area contributed by atoms with Crippen LogP contribution in [0.25, 0.3) is 0 Å². The van der Waals surface area contributed by atoms with Crippen molar-refractivity contribution in [3.8, 4) is 0 Å². The van der Waals surface area contributed by atoms with Crippen molar-refractivity contribution in [2.75, 3.05) is 43.4 Å². The zero-order valence-electron chi connectivity index (χ0n) is 22.5. The monoisotopic (exact) mass is 529 g/mol. The van der Waals surface area contributed by atoms with Crippen molar-refractivity contribution in [2.24, 2.45) is 13.0 Å². The van der Waals surface area contributed by atoms with Crippen LogP contribution in [0.5, 0.6) is 0 Å². The van der Waals surface area contributed by atoms with E-state index in [4.69, 9.17) is 17.3 Å². The van der Waals surface area contributed by atoms with E-state index in [2.05, 4.69) is 61.9 Å². The van der Waals surface area contributed by atoms with Gasteiger partial charge in [-0.25, -0.2) is 9.97 Å². The van der Waals surface area contributed by atoms with E-state index in [9.17, 15) is 4.79 Å². The zero-order chi connectivity index (χ0) is 26.3. The molecule has 0 bridgehead atoms. The number of nitrogens with zero attached hydrogens (tertiary/aromatic N) is 7. The molecule has 37 heavy (non-hydrogen) atoms. The van der Waals surface area contributed by atoms with Gasteiger partial charge < -0.3 is 16.0 Å². The number of carbonyl (C=O) groups is 1. The van der Waals surface area contributed by atoms with Gasteiger partial charge in [0, 0.05) is 64.4 Å². The Morgan fingerprint density at radius 1 is 1.16 bits per heavy atom. The van der Waals surface area contributed by atoms with Crippen LogP contribution in [-0.2, 0) is 13.6 Å². The summed E-state index contributed by atoms with van der Waals surface area (Å²) in [5.74, 6) is 0.896. The minimum absolute atomic E-state index is 0.118. The molecule has 4 heterocycles. The Bertz CT molecular complexity index is 1120. The second-order valence-corrected chi connectivity index (χ2v) is 11.6. The molecule has 2 aliphatic heterocycles. The molecule has 1 aliphatic carbocycles. The number of piperazine rings is 1. The van der Waals surface area contributed by atoms with Crippen molar-refractivity contribution in [1.82, 2.24) is 34.9 Å². The molecular weight excluding hydrogens is 490 g/mol. The molecule has 2 aromatic heterocycles. The minimum Gasteiger partial charge on any atom is -0.382 e. The third kappa shape index (κ3) is 5.86. The number of aromatic nitrogens is 4. The first-order valence-corrected chi connectivity index (χ1v) is 13.9. The highest BCUT2D eigenvalue weighted by molar-refractivity contribution is 6.32. The summed E-state index contributed by atoms with van der Waals surface area (Å²) in [7, 11) is 2.03. The van der Waals surface area contributed by atoms with Crippen LogP contribution in [0.1, 0.15) is 61.4 Å². The average Bonchev–Trinajstić information content (AvgIpc) is 3.62. The van der Waals surface area contributed by atoms with Crippen molar-refractivity contribution < 1.29 is 4.79 Å². The third-order valence-corrected chi connectivity index (χ3v) is 8.29. The van der Waals surface area contributed by atoms with E-state index in [0.29, 0.717) is 23.8 Å². The number of hydrogen-bond acceptors (Lipinski definition) is 8. The summed E-state index contributed by atoms with van der Waals surface area (Å²) in [6.07, 6.45) is 4.32. The Morgan fingerprint density at radius 3 is 2.51 bits per heavy atom. The maximum atomic E-state index is 12.5. The summed E-state index contributed by atoms with van der Waals surface area (Å²) in [4.78, 5) is 28.8. The topological polar surface area (TPSA) is 108 Å². The normalized spacial score (nSPS) is 22.1. The van der Waals surface area contributed by atoms with Gasteiger partial charge in [0.1, 0.15) is 0 Å². The molecule has 1 saturated carbocycles. The van der Waals surface area contributed by atoms with Gasteiger partial charge in [0.2, 0.25) is 0 Å². The first kappa shape index (κ1) is 26.2. The molecule has 0 aromatic carbocycles. The Morgan fingerprint density at radius 2 is 1.89 bits per heavy atom. The van der Waals surface area contributed by atoms with E-state index < -0.39 is 0 Å². The fraction of sp³-hybridized carbons (Fsp3) is 0.692. The maximum Gasteiger partial charge on any atom is 0.274 e. The summed E-state index contributed by atoms with van der Waals surface area (Å²) in [6.45, 7) is 12.3. The highest BCUT2D eigenvalue weighted by Gasteiger charge is 2.37. The fourth-order valence-electron chi connectivity index (χ4n) is 5.78. The minimum atomic E-state index is -0.296. The molecule has 10 nitrogen and oxygen atoms in total. The van der Waals surface area contributed by atoms with Crippen LogP contribution in [0.4, 0.5) is 11.6 Å². The summed E-state index contributed by atoms with van der Waals surface area (Å²) >= 11 is 6.56. The van der Waals surface area contributed by atoms with Gasteiger partial charge in [0.25, 0.3) is 5.91 Å². The lowest BCUT2D eigenvalue weighted by Gasteiger charge is -2.49. The standard InChI is InChI=1S/C26H40ClN9O/c1-16(2)21-15-35(25-23(27)30-22(24(28)31-25)26(37)29-18-5-6-18)11-12-36(21)19-7-9-34(10-8-19)14-20-13-17(3)32-33(20)4/h13,16,18-19,21H,5-12,14-15H2,1-4H3,(H2,28,31)(H,29,37). The molecule has 0 spiro atoms. The van der Waals surface area contributed by atoms with E-state index in [-0.39, 0.29) is 28.6 Å². The number of carbonyl (C=O) groups excluding carboxylic acids is 1. The molecule has 1 amide bonds. The van der Waals surface area contributed by atoms with Crippen molar-refractivity contribution in [2.45, 2.75) is 71.1 Å². The van der Waals surface area contributed by atoms with Crippen molar-refractivity contribution in [3.63, 3.8) is 0 Å². The molecular formula is C26H40ClN9O. The molecule has 2 aromatic rings. The van der Waals surface area contributed by atoms with Crippen LogP contribution >= 0.6 is 11.6 Å². The lowest BCUT2D eigenvalue weighted by atomic mass is 9.93. The fourth-order valence-corrected chi connectivity index (χ4v) is 6.03. The Kier molecular flexibility index (Phi) is 7.60. The number of hydrogen-bond donors (Lipinski definition) is 2. The maximum absolute atomic E-state index is 12.5. The number of halogens is 1. The van der Waals surface area contributed by atoms with E-state index in [0.717, 1.165) is 57.8 Å². The van der Waals surface area contributed by atoms with E-state index in [1.165, 1.54) is 18.5 Å². The number of aryl methyl sites for hydroxylation is 2. The second kappa shape index (κ2) is 10.7. The van der Waals surface area contributed by atoms with E-state index >= 15 is 0 Å². The molecule has 5 rings (SSSR count). The predicted molar refractivity (Wildman–Crippen MR) is 146 cm³/mol.